The molecule has 0 saturated heterocycles. The Bertz CT molecular complexity index is 1870. The van der Waals surface area contributed by atoms with Crippen LogP contribution in [-0.4, -0.2) is 0 Å². The topological polar surface area (TPSA) is 3.24 Å². The van der Waals surface area contributed by atoms with E-state index in [9.17, 15) is 0 Å². The molecule has 0 fully saturated rings. The molecule has 1 nitrogen and oxygen atoms in total. The van der Waals surface area contributed by atoms with Crippen LogP contribution in [0.25, 0.3) is 33.4 Å². The average molecular weight is 654 g/mol. The van der Waals surface area contributed by atoms with Crippen molar-refractivity contribution in [1.29, 1.82) is 0 Å². The number of hydrogen-bond acceptors (Lipinski definition) is 1. The highest BCUT2D eigenvalue weighted by atomic mass is 15.2. The minimum atomic E-state index is -0.203. The molecule has 0 atom stereocenters. The van der Waals surface area contributed by atoms with Crippen molar-refractivity contribution in [3.63, 3.8) is 0 Å². The molecule has 50 heavy (non-hydrogen) atoms. The summed E-state index contributed by atoms with van der Waals surface area (Å²) in [6, 6.07) is 47.7. The van der Waals surface area contributed by atoms with Crippen LogP contribution in [0.5, 0.6) is 0 Å². The number of hydrogen-bond donors (Lipinski definition) is 0. The maximum atomic E-state index is 2.68. The van der Waals surface area contributed by atoms with E-state index in [-0.39, 0.29) is 16.2 Å². The Morgan fingerprint density at radius 1 is 0.300 bits per heavy atom. The molecule has 0 amide bonds. The lowest BCUT2D eigenvalue weighted by Crippen LogP contribution is -2.43. The summed E-state index contributed by atoms with van der Waals surface area (Å²) in [7, 11) is 0. The average Bonchev–Trinajstić information content (AvgIpc) is 3.16. The van der Waals surface area contributed by atoms with Crippen LogP contribution in [0.1, 0.15) is 103 Å². The van der Waals surface area contributed by atoms with Gasteiger partial charge in [-0.2, -0.15) is 0 Å². The van der Waals surface area contributed by atoms with Gasteiger partial charge in [0.05, 0.1) is 17.1 Å². The van der Waals surface area contributed by atoms with E-state index < -0.39 is 0 Å². The summed E-state index contributed by atoms with van der Waals surface area (Å²) in [6.07, 6.45) is 0. The Morgan fingerprint density at radius 2 is 0.500 bits per heavy atom. The van der Waals surface area contributed by atoms with E-state index in [2.05, 4.69) is 174 Å². The fraction of sp³-hybridized carbons (Fsp3) is 0.265. The second kappa shape index (κ2) is 12.2. The summed E-state index contributed by atoms with van der Waals surface area (Å²) in [5, 5.41) is 0. The van der Waals surface area contributed by atoms with Crippen LogP contribution in [0.3, 0.4) is 0 Å². The number of benzene rings is 6. The van der Waals surface area contributed by atoms with Crippen molar-refractivity contribution in [2.45, 2.75) is 85.5 Å². The van der Waals surface area contributed by atoms with Crippen molar-refractivity contribution in [3.8, 4) is 33.4 Å². The van der Waals surface area contributed by atoms with Gasteiger partial charge in [0, 0.05) is 16.2 Å². The molecule has 6 aromatic rings. The number of rotatable bonds is 3. The summed E-state index contributed by atoms with van der Waals surface area (Å²) in [5.74, 6) is 0. The summed E-state index contributed by atoms with van der Waals surface area (Å²) in [6.45, 7) is 22.7. The largest absolute Gasteiger partial charge is 0.309 e. The summed E-state index contributed by atoms with van der Waals surface area (Å²) in [5.41, 5.74) is 19.6. The molecule has 0 saturated carbocycles. The van der Waals surface area contributed by atoms with Gasteiger partial charge in [0.1, 0.15) is 0 Å². The van der Waals surface area contributed by atoms with Gasteiger partial charge < -0.3 is 4.90 Å². The van der Waals surface area contributed by atoms with Gasteiger partial charge in [-0.1, -0.05) is 160 Å². The van der Waals surface area contributed by atoms with Gasteiger partial charge in [-0.3, -0.25) is 0 Å². The second-order valence-corrected chi connectivity index (χ2v) is 15.1. The molecule has 1 heteroatoms. The van der Waals surface area contributed by atoms with Crippen LogP contribution >= 0.6 is 0 Å². The van der Waals surface area contributed by atoms with Gasteiger partial charge in [0.25, 0.3) is 0 Å². The van der Waals surface area contributed by atoms with Crippen LogP contribution in [0.4, 0.5) is 17.1 Å². The van der Waals surface area contributed by atoms with Gasteiger partial charge in [-0.05, 0) is 103 Å². The van der Waals surface area contributed by atoms with Gasteiger partial charge >= 0.3 is 0 Å². The van der Waals surface area contributed by atoms with E-state index in [1.165, 1.54) is 83.8 Å². The highest BCUT2D eigenvalue weighted by Crippen LogP contribution is 2.67. The summed E-state index contributed by atoms with van der Waals surface area (Å²) in [4.78, 5) is 2.68. The zero-order valence-electron chi connectivity index (χ0n) is 31.6. The Hall–Kier alpha value is -4.88. The van der Waals surface area contributed by atoms with Crippen LogP contribution < -0.4 is 4.90 Å². The third kappa shape index (κ3) is 4.73. The normalized spacial score (nSPS) is 15.8. The van der Waals surface area contributed by atoms with Crippen molar-refractivity contribution in [3.05, 3.63) is 161 Å². The molecule has 252 valence electrons. The first-order valence-corrected chi connectivity index (χ1v) is 18.6. The van der Waals surface area contributed by atoms with E-state index in [4.69, 9.17) is 0 Å². The monoisotopic (exact) mass is 653 g/mol. The van der Waals surface area contributed by atoms with Crippen molar-refractivity contribution >= 4 is 17.1 Å². The number of anilines is 3. The smallest absolute Gasteiger partial charge is 0.0544 e. The predicted molar refractivity (Wildman–Crippen MR) is 217 cm³/mol. The molecule has 0 spiro atoms. The van der Waals surface area contributed by atoms with Crippen molar-refractivity contribution in [2.75, 3.05) is 4.90 Å². The predicted octanol–water partition coefficient (Wildman–Crippen LogP) is 14.1. The first kappa shape index (κ1) is 33.6. The highest BCUT2D eigenvalue weighted by molar-refractivity contribution is 6.01. The standard InChI is InChI=1S/C45H39N.2C2H6/c1-43(2)34-22-31(28-16-10-7-11-17-28)24-36-40(34)46-41-35(43)23-32(29-18-12-8-13-19-29)25-37(41)45(5,6)39-27-33(30-20-14-9-15-21-30)26-38(42(39)46)44(36,3)4;2*1-2/h7-27H,1-6H3;2*1-2H3. The molecule has 3 heterocycles. The molecule has 0 radical (unpaired) electrons. The fourth-order valence-electron chi connectivity index (χ4n) is 8.65. The molecular weight excluding hydrogens is 603 g/mol. The molecule has 0 aromatic heterocycles. The molecule has 6 aromatic carbocycles. The maximum absolute atomic E-state index is 2.68. The Labute approximate surface area is 300 Å². The minimum Gasteiger partial charge on any atom is -0.309 e. The Kier molecular flexibility index (Phi) is 8.18. The van der Waals surface area contributed by atoms with Crippen LogP contribution in [0.2, 0.25) is 0 Å². The lowest BCUT2D eigenvalue weighted by Gasteiger charge is -2.55. The fourth-order valence-corrected chi connectivity index (χ4v) is 8.65. The third-order valence-corrected chi connectivity index (χ3v) is 11.4. The minimum absolute atomic E-state index is 0.203. The zero-order valence-corrected chi connectivity index (χ0v) is 31.6. The first-order valence-electron chi connectivity index (χ1n) is 18.6. The lowest BCUT2D eigenvalue weighted by molar-refractivity contribution is 0.567. The van der Waals surface area contributed by atoms with E-state index >= 15 is 0 Å². The highest BCUT2D eigenvalue weighted by Gasteiger charge is 2.52. The van der Waals surface area contributed by atoms with E-state index in [1.54, 1.807) is 0 Å². The lowest BCUT2D eigenvalue weighted by atomic mass is 9.60. The van der Waals surface area contributed by atoms with Gasteiger partial charge in [-0.15, -0.1) is 0 Å². The quantitative estimate of drug-likeness (QED) is 0.184. The summed E-state index contributed by atoms with van der Waals surface area (Å²) >= 11 is 0. The second-order valence-electron chi connectivity index (χ2n) is 15.1. The molecule has 0 bridgehead atoms. The number of nitrogens with zero attached hydrogens (tertiary/aromatic N) is 1. The molecule has 0 unspecified atom stereocenters. The van der Waals surface area contributed by atoms with Gasteiger partial charge in [0.15, 0.2) is 0 Å². The summed E-state index contributed by atoms with van der Waals surface area (Å²) < 4.78 is 0. The van der Waals surface area contributed by atoms with E-state index in [0.717, 1.165) is 0 Å². The van der Waals surface area contributed by atoms with Crippen molar-refractivity contribution < 1.29 is 0 Å². The van der Waals surface area contributed by atoms with Crippen LogP contribution in [0.15, 0.2) is 127 Å². The van der Waals surface area contributed by atoms with Gasteiger partial charge in [-0.25, -0.2) is 0 Å². The SMILES string of the molecule is CC.CC.CC1(C)c2cc(-c3ccccc3)cc3c2N2c4c1cc(-c1ccccc1)cc4C(C)(C)c1cc(-c4ccccc4)cc(c12)C3(C)C. The van der Waals surface area contributed by atoms with Crippen molar-refractivity contribution in [2.24, 2.45) is 0 Å². The molecule has 0 N–H and O–H groups in total. The molecule has 9 rings (SSSR count). The molecule has 0 aliphatic carbocycles. The van der Waals surface area contributed by atoms with E-state index in [0.29, 0.717) is 0 Å². The van der Waals surface area contributed by atoms with E-state index in [1.807, 2.05) is 27.7 Å². The molecule has 3 aliphatic rings. The third-order valence-electron chi connectivity index (χ3n) is 11.4. The zero-order chi connectivity index (χ0) is 35.6. The molecular formula is C49H51N. The van der Waals surface area contributed by atoms with Crippen molar-refractivity contribution in [1.82, 2.24) is 0 Å². The first-order chi connectivity index (χ1) is 24.1. The Balaban J connectivity index is 0.000000948. The van der Waals surface area contributed by atoms with Crippen LogP contribution in [-0.2, 0) is 16.2 Å². The maximum Gasteiger partial charge on any atom is 0.0544 e. The molecule has 3 aliphatic heterocycles. The Morgan fingerprint density at radius 3 is 0.700 bits per heavy atom. The van der Waals surface area contributed by atoms with Gasteiger partial charge in [0.2, 0.25) is 0 Å². The van der Waals surface area contributed by atoms with Crippen LogP contribution in [0, 0.1) is 0 Å².